The Morgan fingerprint density at radius 3 is 2.84 bits per heavy atom. The Morgan fingerprint density at radius 1 is 1.52 bits per heavy atom. The van der Waals surface area contributed by atoms with Crippen molar-refractivity contribution in [1.29, 1.82) is 0 Å². The maximum atomic E-state index is 11.8. The molecule has 0 aromatic carbocycles. The fourth-order valence-electron chi connectivity index (χ4n) is 2.93. The number of amides is 1. The van der Waals surface area contributed by atoms with E-state index in [1.807, 2.05) is 38.1 Å². The van der Waals surface area contributed by atoms with Crippen LogP contribution in [0.3, 0.4) is 0 Å². The van der Waals surface area contributed by atoms with E-state index >= 15 is 0 Å². The van der Waals surface area contributed by atoms with E-state index in [0.717, 1.165) is 31.2 Å². The van der Waals surface area contributed by atoms with Gasteiger partial charge in [-0.05, 0) is 32.6 Å². The summed E-state index contributed by atoms with van der Waals surface area (Å²) in [5, 5.41) is 6.77. The molecule has 2 heterocycles. The van der Waals surface area contributed by atoms with E-state index < -0.39 is 0 Å². The van der Waals surface area contributed by atoms with Crippen LogP contribution >= 0.6 is 24.0 Å². The molecule has 1 aliphatic rings. The quantitative estimate of drug-likeness (QED) is 0.382. The Kier molecular flexibility index (Phi) is 9.26. The summed E-state index contributed by atoms with van der Waals surface area (Å²) in [5.74, 6) is 1.89. The van der Waals surface area contributed by atoms with Crippen molar-refractivity contribution >= 4 is 35.8 Å². The second-order valence-electron chi connectivity index (χ2n) is 6.27. The van der Waals surface area contributed by atoms with Crippen LogP contribution in [0.25, 0.3) is 0 Å². The van der Waals surface area contributed by atoms with E-state index in [9.17, 15) is 4.79 Å². The van der Waals surface area contributed by atoms with Crippen molar-refractivity contribution in [3.05, 3.63) is 24.2 Å². The Labute approximate surface area is 167 Å². The minimum atomic E-state index is 0. The Hall–Kier alpha value is -1.29. The zero-order valence-corrected chi connectivity index (χ0v) is 17.8. The number of nitrogens with zero attached hydrogens (tertiary/aromatic N) is 3. The molecule has 0 bridgehead atoms. The highest BCUT2D eigenvalue weighted by Crippen LogP contribution is 2.17. The van der Waals surface area contributed by atoms with Gasteiger partial charge in [-0.25, -0.2) is 0 Å². The van der Waals surface area contributed by atoms with Gasteiger partial charge in [-0.1, -0.05) is 6.92 Å². The van der Waals surface area contributed by atoms with Gasteiger partial charge in [-0.15, -0.1) is 24.0 Å². The van der Waals surface area contributed by atoms with Crippen LogP contribution in [-0.4, -0.2) is 68.5 Å². The molecule has 1 fully saturated rings. The zero-order chi connectivity index (χ0) is 17.5. The van der Waals surface area contributed by atoms with Crippen molar-refractivity contribution < 1.29 is 9.21 Å². The van der Waals surface area contributed by atoms with Gasteiger partial charge in [0.25, 0.3) is 0 Å². The molecule has 25 heavy (non-hydrogen) atoms. The molecule has 8 heteroatoms. The molecule has 2 N–H and O–H groups in total. The van der Waals surface area contributed by atoms with Gasteiger partial charge in [0.05, 0.1) is 12.3 Å². The third kappa shape index (κ3) is 6.18. The molecule has 0 aliphatic carbocycles. The van der Waals surface area contributed by atoms with Crippen LogP contribution in [0.5, 0.6) is 0 Å². The second-order valence-corrected chi connectivity index (χ2v) is 6.27. The largest absolute Gasteiger partial charge is 0.468 e. The average Bonchev–Trinajstić information content (AvgIpc) is 3.24. The molecule has 0 radical (unpaired) electrons. The maximum absolute atomic E-state index is 11.8. The highest BCUT2D eigenvalue weighted by Gasteiger charge is 2.26. The van der Waals surface area contributed by atoms with Gasteiger partial charge in [0.15, 0.2) is 5.96 Å². The van der Waals surface area contributed by atoms with Crippen LogP contribution in [0.15, 0.2) is 27.8 Å². The number of likely N-dealkylation sites (tertiary alicyclic amines) is 1. The molecular weight excluding hydrogens is 433 g/mol. The van der Waals surface area contributed by atoms with Gasteiger partial charge in [0, 0.05) is 39.1 Å². The van der Waals surface area contributed by atoms with Crippen molar-refractivity contribution in [3.63, 3.8) is 0 Å². The number of hydrogen-bond donors (Lipinski definition) is 2. The summed E-state index contributed by atoms with van der Waals surface area (Å²) in [6.07, 6.45) is 3.20. The van der Waals surface area contributed by atoms with Crippen molar-refractivity contribution in [2.45, 2.75) is 31.8 Å². The number of carbonyl (C=O) groups is 1. The lowest BCUT2D eigenvalue weighted by molar-refractivity contribution is -0.129. The normalized spacial score (nSPS) is 18.8. The Morgan fingerprint density at radius 2 is 2.28 bits per heavy atom. The molecule has 2 unspecified atom stereocenters. The number of furan rings is 1. The summed E-state index contributed by atoms with van der Waals surface area (Å²) >= 11 is 0. The molecule has 1 aliphatic heterocycles. The highest BCUT2D eigenvalue weighted by atomic mass is 127. The van der Waals surface area contributed by atoms with Gasteiger partial charge in [0.2, 0.25) is 5.91 Å². The van der Waals surface area contributed by atoms with Gasteiger partial charge < -0.3 is 20.0 Å². The van der Waals surface area contributed by atoms with Crippen molar-refractivity contribution in [1.82, 2.24) is 20.4 Å². The van der Waals surface area contributed by atoms with Crippen LogP contribution in [0.1, 0.15) is 31.6 Å². The summed E-state index contributed by atoms with van der Waals surface area (Å²) in [7, 11) is 5.81. The first kappa shape index (κ1) is 21.8. The van der Waals surface area contributed by atoms with Gasteiger partial charge in [0.1, 0.15) is 5.76 Å². The van der Waals surface area contributed by atoms with E-state index in [4.69, 9.17) is 4.42 Å². The predicted octanol–water partition coefficient (Wildman–Crippen LogP) is 1.68. The first-order valence-electron chi connectivity index (χ1n) is 8.50. The molecular formula is C17H30IN5O2. The van der Waals surface area contributed by atoms with E-state index in [1.165, 1.54) is 0 Å². The summed E-state index contributed by atoms with van der Waals surface area (Å²) < 4.78 is 5.52. The van der Waals surface area contributed by atoms with Crippen molar-refractivity contribution in [2.24, 2.45) is 4.99 Å². The average molecular weight is 463 g/mol. The fourth-order valence-corrected chi connectivity index (χ4v) is 2.93. The van der Waals surface area contributed by atoms with Crippen LogP contribution < -0.4 is 10.6 Å². The third-order valence-corrected chi connectivity index (χ3v) is 4.37. The number of halogens is 1. The second kappa shape index (κ2) is 10.6. The fraction of sp³-hybridized carbons (Fsp3) is 0.647. The standard InChI is InChI=1S/C17H29N5O2.HI/c1-5-16(23)22-9-8-13(12-22)20-17(18-2)19-11-14(21(3)4)15-7-6-10-24-15;/h6-7,10,13-14H,5,8-9,11-12H2,1-4H3,(H2,18,19,20);1H. The molecule has 1 aromatic heterocycles. The molecule has 1 aromatic rings. The zero-order valence-electron chi connectivity index (χ0n) is 15.5. The number of likely N-dealkylation sites (N-methyl/N-ethyl adjacent to an activating group) is 1. The molecule has 2 atom stereocenters. The number of nitrogens with one attached hydrogen (secondary N) is 2. The molecule has 0 spiro atoms. The molecule has 7 nitrogen and oxygen atoms in total. The maximum Gasteiger partial charge on any atom is 0.222 e. The van der Waals surface area contributed by atoms with E-state index in [-0.39, 0.29) is 42.0 Å². The lowest BCUT2D eigenvalue weighted by atomic mass is 10.2. The summed E-state index contributed by atoms with van der Waals surface area (Å²) in [6, 6.07) is 4.25. The highest BCUT2D eigenvalue weighted by molar-refractivity contribution is 14.0. The number of aliphatic imine (C=N–C) groups is 1. The van der Waals surface area contributed by atoms with Crippen LogP contribution in [0.2, 0.25) is 0 Å². The summed E-state index contributed by atoms with van der Waals surface area (Å²) in [6.45, 7) is 4.14. The van der Waals surface area contributed by atoms with E-state index in [2.05, 4.69) is 20.5 Å². The van der Waals surface area contributed by atoms with Crippen LogP contribution in [-0.2, 0) is 4.79 Å². The SMILES string of the molecule is CCC(=O)N1CCC(NC(=NC)NCC(c2ccco2)N(C)C)C1.I. The lowest BCUT2D eigenvalue weighted by Crippen LogP contribution is -2.47. The summed E-state index contributed by atoms with van der Waals surface area (Å²) in [4.78, 5) is 20.1. The van der Waals surface area contributed by atoms with Crippen LogP contribution in [0, 0.1) is 0 Å². The van der Waals surface area contributed by atoms with Gasteiger partial charge in [-0.2, -0.15) is 0 Å². The first-order chi connectivity index (χ1) is 11.5. The van der Waals surface area contributed by atoms with Gasteiger partial charge in [-0.3, -0.25) is 14.7 Å². The van der Waals surface area contributed by atoms with E-state index in [1.54, 1.807) is 13.3 Å². The summed E-state index contributed by atoms with van der Waals surface area (Å²) in [5.41, 5.74) is 0. The number of carbonyl (C=O) groups excluding carboxylic acids is 1. The van der Waals surface area contributed by atoms with Crippen LogP contribution in [0.4, 0.5) is 0 Å². The van der Waals surface area contributed by atoms with Crippen molar-refractivity contribution in [2.75, 3.05) is 40.8 Å². The number of hydrogen-bond acceptors (Lipinski definition) is 4. The molecule has 0 saturated carbocycles. The number of guanidine groups is 1. The third-order valence-electron chi connectivity index (χ3n) is 4.37. The lowest BCUT2D eigenvalue weighted by Gasteiger charge is -2.24. The molecule has 2 rings (SSSR count). The van der Waals surface area contributed by atoms with Crippen molar-refractivity contribution in [3.8, 4) is 0 Å². The Bertz CT molecular complexity index is 547. The Balaban J connectivity index is 0.00000312. The topological polar surface area (TPSA) is 73.1 Å². The number of rotatable bonds is 6. The van der Waals surface area contributed by atoms with E-state index in [0.29, 0.717) is 13.0 Å². The first-order valence-corrected chi connectivity index (χ1v) is 8.50. The monoisotopic (exact) mass is 463 g/mol. The minimum Gasteiger partial charge on any atom is -0.468 e. The minimum absolute atomic E-state index is 0. The molecule has 142 valence electrons. The van der Waals surface area contributed by atoms with Gasteiger partial charge >= 0.3 is 0 Å². The molecule has 1 amide bonds. The smallest absolute Gasteiger partial charge is 0.222 e. The molecule has 1 saturated heterocycles. The predicted molar refractivity (Wildman–Crippen MR) is 110 cm³/mol.